The second-order valence-electron chi connectivity index (χ2n) is 8.16. The second-order valence-corrected chi connectivity index (χ2v) is 9.41. The summed E-state index contributed by atoms with van der Waals surface area (Å²) in [6.07, 6.45) is 6.34. The fraction of sp³-hybridized carbons (Fsp3) is 0.720. The zero-order valence-electron chi connectivity index (χ0n) is 21.6. The summed E-state index contributed by atoms with van der Waals surface area (Å²) in [6.45, 7) is 16.3. The van der Waals surface area contributed by atoms with Gasteiger partial charge in [0.15, 0.2) is 0 Å². The maximum Gasteiger partial charge on any atom is 0.270 e. The maximum atomic E-state index is 12.8. The highest BCUT2D eigenvalue weighted by molar-refractivity contribution is 8.01. The number of hydrogen-bond acceptors (Lipinski definition) is 7. The number of nitrogens with zero attached hydrogens (tertiary/aromatic N) is 2. The number of hydrogen-bond donors (Lipinski definition) is 4. The van der Waals surface area contributed by atoms with Crippen LogP contribution in [0.3, 0.4) is 0 Å². The number of nitrogens with one attached hydrogen (secondary N) is 4. The molecule has 1 aromatic heterocycles. The predicted octanol–water partition coefficient (Wildman–Crippen LogP) is 5.22. The van der Waals surface area contributed by atoms with E-state index in [2.05, 4.69) is 48.0 Å². The molecule has 4 N–H and O–H groups in total. The molecule has 7 nitrogen and oxygen atoms in total. The molecular weight excluding hydrogens is 432 g/mol. The first-order valence-electron chi connectivity index (χ1n) is 12.8. The Kier molecular flexibility index (Phi) is 14.8. The van der Waals surface area contributed by atoms with Gasteiger partial charge in [-0.2, -0.15) is 0 Å². The van der Waals surface area contributed by atoms with Crippen LogP contribution < -0.4 is 20.3 Å². The molecule has 8 heteroatoms. The summed E-state index contributed by atoms with van der Waals surface area (Å²) in [5.74, 6) is 1.16. The fourth-order valence-corrected chi connectivity index (χ4v) is 4.11. The van der Waals surface area contributed by atoms with Crippen LogP contribution in [0.15, 0.2) is 12.1 Å². The summed E-state index contributed by atoms with van der Waals surface area (Å²) in [7, 11) is 0. The van der Waals surface area contributed by atoms with Crippen LogP contribution in [0.25, 0.3) is 0 Å². The third kappa shape index (κ3) is 9.92. The van der Waals surface area contributed by atoms with Crippen LogP contribution >= 0.6 is 11.9 Å². The number of amides is 1. The van der Waals surface area contributed by atoms with Crippen molar-refractivity contribution >= 4 is 35.2 Å². The minimum atomic E-state index is -0.326. The molecule has 1 saturated heterocycles. The summed E-state index contributed by atoms with van der Waals surface area (Å²) in [4.78, 5) is 19.9. The quantitative estimate of drug-likeness (QED) is 0.176. The average molecular weight is 479 g/mol. The zero-order valence-corrected chi connectivity index (χ0v) is 22.4. The van der Waals surface area contributed by atoms with Crippen molar-refractivity contribution in [3.05, 3.63) is 17.7 Å². The fourth-order valence-electron chi connectivity index (χ4n) is 3.48. The summed E-state index contributed by atoms with van der Waals surface area (Å²) in [5.41, 5.74) is 0.523. The Hall–Kier alpha value is -1.80. The predicted molar refractivity (Wildman–Crippen MR) is 145 cm³/mol. The van der Waals surface area contributed by atoms with Gasteiger partial charge < -0.3 is 20.3 Å². The summed E-state index contributed by atoms with van der Waals surface area (Å²) in [6, 6.07) is 3.94. The van der Waals surface area contributed by atoms with Gasteiger partial charge in [-0.15, -0.1) is 0 Å². The number of anilines is 2. The van der Waals surface area contributed by atoms with Gasteiger partial charge in [-0.25, -0.2) is 4.98 Å². The first kappa shape index (κ1) is 29.2. The van der Waals surface area contributed by atoms with Gasteiger partial charge in [0.25, 0.3) is 5.91 Å². The molecule has 0 saturated carbocycles. The number of carbonyl (C=O) groups is 1. The lowest BCUT2D eigenvalue weighted by atomic mass is 10.1. The molecule has 1 amide bonds. The van der Waals surface area contributed by atoms with Gasteiger partial charge in [-0.05, 0) is 69.8 Å². The monoisotopic (exact) mass is 478 g/mol. The van der Waals surface area contributed by atoms with Gasteiger partial charge in [0.05, 0.1) is 0 Å². The van der Waals surface area contributed by atoms with Gasteiger partial charge in [0.2, 0.25) is 0 Å². The van der Waals surface area contributed by atoms with Crippen LogP contribution in [0.4, 0.5) is 11.6 Å². The van der Waals surface area contributed by atoms with E-state index in [0.29, 0.717) is 16.6 Å². The number of aromatic nitrogens is 1. The normalized spacial score (nSPS) is 14.6. The van der Waals surface area contributed by atoms with Crippen LogP contribution in [0, 0.1) is 5.41 Å². The minimum absolute atomic E-state index is 0.0288. The van der Waals surface area contributed by atoms with Crippen molar-refractivity contribution in [3.63, 3.8) is 0 Å². The average Bonchev–Trinajstić information content (AvgIpc) is 2.86. The van der Waals surface area contributed by atoms with Crippen molar-refractivity contribution in [2.75, 3.05) is 35.8 Å². The van der Waals surface area contributed by atoms with Gasteiger partial charge in [0, 0.05) is 29.9 Å². The molecule has 2 heterocycles. The molecule has 33 heavy (non-hydrogen) atoms. The van der Waals surface area contributed by atoms with Gasteiger partial charge >= 0.3 is 0 Å². The lowest BCUT2D eigenvalue weighted by Crippen LogP contribution is -2.45. The van der Waals surface area contributed by atoms with Crippen molar-refractivity contribution in [2.45, 2.75) is 91.4 Å². The number of rotatable bonds is 13. The number of unbranched alkanes of at least 4 members (excludes halogenated alkanes) is 2. The topological polar surface area (TPSA) is 93.1 Å². The van der Waals surface area contributed by atoms with E-state index in [4.69, 9.17) is 10.4 Å². The van der Waals surface area contributed by atoms with Crippen molar-refractivity contribution in [1.29, 1.82) is 5.41 Å². The molecule has 0 bridgehead atoms. The number of pyridine rings is 1. The van der Waals surface area contributed by atoms with Crippen molar-refractivity contribution < 1.29 is 4.79 Å². The lowest BCUT2D eigenvalue weighted by molar-refractivity contribution is -0.115. The highest BCUT2D eigenvalue weighted by Crippen LogP contribution is 2.25. The summed E-state index contributed by atoms with van der Waals surface area (Å²) in [5, 5.41) is 15.3. The molecule has 1 fully saturated rings. The minimum Gasteiger partial charge on any atom is -0.357 e. The Morgan fingerprint density at radius 3 is 2.55 bits per heavy atom. The summed E-state index contributed by atoms with van der Waals surface area (Å²) >= 11 is 1.59. The smallest absolute Gasteiger partial charge is 0.270 e. The molecule has 188 valence electrons. The van der Waals surface area contributed by atoms with E-state index in [1.165, 1.54) is 12.8 Å². The zero-order chi connectivity index (χ0) is 24.6. The van der Waals surface area contributed by atoms with Crippen LogP contribution in [-0.2, 0) is 4.79 Å². The standard InChI is InChI=1S/C23H40N6OS.C2H6/c1-5-8-9-16-29(7-3)20-11-10-19(22(27-20)28-31-17(4)6-2)21(24)23(30)26-18-12-14-25-15-13-18;1-2/h10-11,17-18,24-25H,5-9,12-16H2,1-4H3,(H,26,30)(H,27,28);1-2H3. The highest BCUT2D eigenvalue weighted by Gasteiger charge is 2.22. The Bertz CT molecular complexity index is 708. The third-order valence-corrected chi connectivity index (χ3v) is 6.77. The molecule has 1 aliphatic rings. The van der Waals surface area contributed by atoms with Gasteiger partial charge in [-0.1, -0.05) is 47.5 Å². The van der Waals surface area contributed by atoms with E-state index in [0.717, 1.165) is 57.7 Å². The Morgan fingerprint density at radius 2 is 1.94 bits per heavy atom. The van der Waals surface area contributed by atoms with Crippen LogP contribution in [0.2, 0.25) is 0 Å². The molecule has 2 rings (SSSR count). The molecular formula is C25H46N6OS. The van der Waals surface area contributed by atoms with Crippen molar-refractivity contribution in [3.8, 4) is 0 Å². The van der Waals surface area contributed by atoms with Gasteiger partial charge in [0.1, 0.15) is 17.3 Å². The van der Waals surface area contributed by atoms with E-state index < -0.39 is 0 Å². The molecule has 0 aliphatic carbocycles. The molecule has 1 aliphatic heterocycles. The first-order chi connectivity index (χ1) is 16.0. The van der Waals surface area contributed by atoms with Crippen LogP contribution in [0.1, 0.15) is 85.6 Å². The molecule has 1 aromatic rings. The number of carbonyl (C=O) groups excluding carboxylic acids is 1. The molecule has 0 radical (unpaired) electrons. The second kappa shape index (κ2) is 16.8. The first-order valence-corrected chi connectivity index (χ1v) is 13.7. The Balaban J connectivity index is 0.00000265. The Labute approximate surface area is 205 Å². The van der Waals surface area contributed by atoms with E-state index in [1.54, 1.807) is 11.9 Å². The maximum absolute atomic E-state index is 12.8. The van der Waals surface area contributed by atoms with Crippen LogP contribution in [-0.4, -0.2) is 54.1 Å². The Morgan fingerprint density at radius 1 is 1.24 bits per heavy atom. The number of piperidine rings is 1. The SMILES string of the molecule is CC.CCCCCN(CC)c1ccc(C(=N)C(=O)NC2CCNCC2)c(NSC(C)CC)n1. The molecule has 1 atom stereocenters. The van der Waals surface area contributed by atoms with Crippen LogP contribution in [0.5, 0.6) is 0 Å². The van der Waals surface area contributed by atoms with E-state index >= 15 is 0 Å². The highest BCUT2D eigenvalue weighted by atomic mass is 32.2. The van der Waals surface area contributed by atoms with Gasteiger partial charge in [-0.3, -0.25) is 10.2 Å². The molecule has 0 spiro atoms. The molecule has 0 aromatic carbocycles. The summed E-state index contributed by atoms with van der Waals surface area (Å²) < 4.78 is 3.34. The molecule has 1 unspecified atom stereocenters. The van der Waals surface area contributed by atoms with E-state index in [1.807, 2.05) is 26.0 Å². The van der Waals surface area contributed by atoms with Crippen molar-refractivity contribution in [1.82, 2.24) is 15.6 Å². The van der Waals surface area contributed by atoms with Crippen molar-refractivity contribution in [2.24, 2.45) is 0 Å². The lowest BCUT2D eigenvalue weighted by Gasteiger charge is -2.25. The van der Waals surface area contributed by atoms with E-state index in [9.17, 15) is 4.79 Å². The largest absolute Gasteiger partial charge is 0.357 e. The third-order valence-electron chi connectivity index (χ3n) is 5.72. The van der Waals surface area contributed by atoms with E-state index in [-0.39, 0.29) is 17.7 Å².